The smallest absolute Gasteiger partial charge is 0.300 e. The van der Waals surface area contributed by atoms with Gasteiger partial charge in [0.05, 0.1) is 5.69 Å². The van der Waals surface area contributed by atoms with Crippen molar-refractivity contribution in [3.05, 3.63) is 51.4 Å². The second-order valence-electron chi connectivity index (χ2n) is 6.83. The molecule has 2 rings (SSSR count). The van der Waals surface area contributed by atoms with Gasteiger partial charge in [0, 0.05) is 27.4 Å². The summed E-state index contributed by atoms with van der Waals surface area (Å²) < 4.78 is 0.974. The molecule has 1 amide bonds. The molecule has 0 saturated carbocycles. The number of pyridine rings is 1. The van der Waals surface area contributed by atoms with Gasteiger partial charge in [0.1, 0.15) is 0 Å². The SMILES string of the molecule is CCC#CC(=O)Nc1cc(-c2cnc(C)c(/C=C\C(C)CCC)c2)ccc1I. The molecule has 0 aliphatic heterocycles. The van der Waals surface area contributed by atoms with Crippen molar-refractivity contribution >= 4 is 40.3 Å². The maximum atomic E-state index is 12.0. The van der Waals surface area contributed by atoms with Crippen LogP contribution in [-0.2, 0) is 4.79 Å². The zero-order valence-corrected chi connectivity index (χ0v) is 19.1. The maximum absolute atomic E-state index is 12.0. The zero-order valence-electron chi connectivity index (χ0n) is 17.0. The Bertz CT molecular complexity index is 922. The predicted octanol–water partition coefficient (Wildman–Crippen LogP) is 6.46. The van der Waals surface area contributed by atoms with E-state index in [0.717, 1.165) is 31.6 Å². The molecule has 0 aliphatic carbocycles. The number of nitrogens with one attached hydrogen (secondary N) is 1. The number of amides is 1. The van der Waals surface area contributed by atoms with Crippen molar-refractivity contribution in [2.45, 2.75) is 47.0 Å². The first kappa shape index (κ1) is 22.2. The molecule has 0 aliphatic rings. The molecule has 0 spiro atoms. The standard InChI is InChI=1S/C24H27IN2O/c1-5-7-9-24(28)27-23-15-20(12-13-22(23)25)21-14-19(18(4)26-16-21)11-10-17(3)8-6-2/h10-17H,5-6,8H2,1-4H3,(H,27,28)/b11-10-. The number of hydrogen-bond donors (Lipinski definition) is 1. The van der Waals surface area contributed by atoms with Crippen molar-refractivity contribution in [1.29, 1.82) is 0 Å². The summed E-state index contributed by atoms with van der Waals surface area (Å²) in [7, 11) is 0. The Labute approximate surface area is 182 Å². The number of aromatic nitrogens is 1. The monoisotopic (exact) mass is 486 g/mol. The molecule has 0 saturated heterocycles. The van der Waals surface area contributed by atoms with Crippen LogP contribution in [0.2, 0.25) is 0 Å². The van der Waals surface area contributed by atoms with Gasteiger partial charge in [-0.25, -0.2) is 0 Å². The summed E-state index contributed by atoms with van der Waals surface area (Å²) in [5.41, 5.74) is 4.95. The lowest BCUT2D eigenvalue weighted by molar-refractivity contribution is -0.111. The van der Waals surface area contributed by atoms with Crippen LogP contribution in [0.25, 0.3) is 17.2 Å². The van der Waals surface area contributed by atoms with Crippen LogP contribution in [0.4, 0.5) is 5.69 Å². The highest BCUT2D eigenvalue weighted by atomic mass is 127. The average molecular weight is 486 g/mol. The highest BCUT2D eigenvalue weighted by Crippen LogP contribution is 2.28. The lowest BCUT2D eigenvalue weighted by Gasteiger charge is -2.10. The molecule has 1 aromatic carbocycles. The molecule has 146 valence electrons. The van der Waals surface area contributed by atoms with Crippen LogP contribution in [0.3, 0.4) is 0 Å². The summed E-state index contributed by atoms with van der Waals surface area (Å²) in [6.07, 6.45) is 9.33. The second kappa shape index (κ2) is 11.0. The van der Waals surface area contributed by atoms with Gasteiger partial charge in [0.25, 0.3) is 5.91 Å². The average Bonchev–Trinajstić information content (AvgIpc) is 2.67. The summed E-state index contributed by atoms with van der Waals surface area (Å²) >= 11 is 2.22. The van der Waals surface area contributed by atoms with E-state index in [-0.39, 0.29) is 5.91 Å². The van der Waals surface area contributed by atoms with Crippen molar-refractivity contribution in [2.24, 2.45) is 5.92 Å². The largest absolute Gasteiger partial charge is 0.314 e. The fourth-order valence-corrected chi connectivity index (χ4v) is 3.29. The van der Waals surface area contributed by atoms with E-state index in [2.05, 4.69) is 82.9 Å². The Morgan fingerprint density at radius 1 is 1.29 bits per heavy atom. The van der Waals surface area contributed by atoms with E-state index < -0.39 is 0 Å². The van der Waals surface area contributed by atoms with Gasteiger partial charge in [-0.05, 0) is 77.1 Å². The predicted molar refractivity (Wildman–Crippen MR) is 127 cm³/mol. The Hall–Kier alpha value is -2.13. The quantitative estimate of drug-likeness (QED) is 0.376. The van der Waals surface area contributed by atoms with Gasteiger partial charge in [-0.1, -0.05) is 51.3 Å². The van der Waals surface area contributed by atoms with Crippen LogP contribution in [-0.4, -0.2) is 10.9 Å². The van der Waals surface area contributed by atoms with Gasteiger partial charge in [-0.2, -0.15) is 0 Å². The molecule has 1 atom stereocenters. The van der Waals surface area contributed by atoms with Crippen molar-refractivity contribution in [2.75, 3.05) is 5.32 Å². The van der Waals surface area contributed by atoms with Crippen LogP contribution < -0.4 is 5.32 Å². The molecule has 0 bridgehead atoms. The molecule has 1 N–H and O–H groups in total. The second-order valence-corrected chi connectivity index (χ2v) is 7.99. The first-order valence-electron chi connectivity index (χ1n) is 9.69. The third-order valence-electron chi connectivity index (χ3n) is 4.40. The molecule has 2 aromatic rings. The van der Waals surface area contributed by atoms with E-state index in [1.165, 1.54) is 12.8 Å². The number of carbonyl (C=O) groups excluding carboxylic acids is 1. The Balaban J connectivity index is 2.31. The fourth-order valence-electron chi connectivity index (χ4n) is 2.82. The lowest BCUT2D eigenvalue weighted by atomic mass is 10.0. The molecular formula is C24H27IN2O. The summed E-state index contributed by atoms with van der Waals surface area (Å²) in [6, 6.07) is 8.18. The minimum Gasteiger partial charge on any atom is -0.314 e. The highest BCUT2D eigenvalue weighted by Gasteiger charge is 2.08. The molecule has 0 radical (unpaired) electrons. The summed E-state index contributed by atoms with van der Waals surface area (Å²) in [4.78, 5) is 16.5. The van der Waals surface area contributed by atoms with Gasteiger partial charge >= 0.3 is 0 Å². The van der Waals surface area contributed by atoms with E-state index in [1.807, 2.05) is 32.2 Å². The van der Waals surface area contributed by atoms with Crippen molar-refractivity contribution in [3.63, 3.8) is 0 Å². The van der Waals surface area contributed by atoms with Gasteiger partial charge in [-0.3, -0.25) is 9.78 Å². The van der Waals surface area contributed by atoms with Crippen LogP contribution in [0.1, 0.15) is 51.3 Å². The zero-order chi connectivity index (χ0) is 20.5. The van der Waals surface area contributed by atoms with Crippen molar-refractivity contribution in [3.8, 4) is 23.0 Å². The van der Waals surface area contributed by atoms with Gasteiger partial charge in [-0.15, -0.1) is 0 Å². The number of allylic oxidation sites excluding steroid dienone is 1. The van der Waals surface area contributed by atoms with E-state index >= 15 is 0 Å². The van der Waals surface area contributed by atoms with Crippen LogP contribution >= 0.6 is 22.6 Å². The topological polar surface area (TPSA) is 42.0 Å². The first-order chi connectivity index (χ1) is 13.4. The number of benzene rings is 1. The van der Waals surface area contributed by atoms with Crippen molar-refractivity contribution in [1.82, 2.24) is 4.98 Å². The summed E-state index contributed by atoms with van der Waals surface area (Å²) in [6.45, 7) is 8.39. The molecule has 1 unspecified atom stereocenters. The van der Waals surface area contributed by atoms with Crippen molar-refractivity contribution < 1.29 is 4.79 Å². The number of aryl methyl sites for hydroxylation is 1. The number of carbonyl (C=O) groups is 1. The number of halogens is 1. The fraction of sp³-hybridized carbons (Fsp3) is 0.333. The van der Waals surface area contributed by atoms with Gasteiger partial charge < -0.3 is 5.32 Å². The number of anilines is 1. The van der Waals surface area contributed by atoms with Gasteiger partial charge in [0.15, 0.2) is 0 Å². The minimum absolute atomic E-state index is 0.285. The number of hydrogen-bond acceptors (Lipinski definition) is 2. The lowest BCUT2D eigenvalue weighted by Crippen LogP contribution is -2.09. The maximum Gasteiger partial charge on any atom is 0.300 e. The van der Waals surface area contributed by atoms with E-state index in [1.54, 1.807) is 0 Å². The summed E-state index contributed by atoms with van der Waals surface area (Å²) in [5, 5.41) is 2.88. The first-order valence-corrected chi connectivity index (χ1v) is 10.8. The van der Waals surface area contributed by atoms with Crippen LogP contribution in [0, 0.1) is 28.3 Å². The van der Waals surface area contributed by atoms with E-state index in [4.69, 9.17) is 0 Å². The normalized spacial score (nSPS) is 11.8. The van der Waals surface area contributed by atoms with Crippen LogP contribution in [0.15, 0.2) is 36.5 Å². The third kappa shape index (κ3) is 6.49. The molecular weight excluding hydrogens is 459 g/mol. The molecule has 3 nitrogen and oxygen atoms in total. The Morgan fingerprint density at radius 2 is 2.07 bits per heavy atom. The molecule has 1 heterocycles. The Kier molecular flexibility index (Phi) is 8.72. The van der Waals surface area contributed by atoms with Gasteiger partial charge in [0.2, 0.25) is 0 Å². The molecule has 28 heavy (non-hydrogen) atoms. The molecule has 4 heteroatoms. The van der Waals surface area contributed by atoms with E-state index in [0.29, 0.717) is 12.3 Å². The number of rotatable bonds is 6. The summed E-state index contributed by atoms with van der Waals surface area (Å²) in [5.74, 6) is 5.66. The number of nitrogens with zero attached hydrogens (tertiary/aromatic N) is 1. The molecule has 0 fully saturated rings. The Morgan fingerprint density at radius 3 is 2.79 bits per heavy atom. The highest BCUT2D eigenvalue weighted by molar-refractivity contribution is 14.1. The van der Waals surface area contributed by atoms with E-state index in [9.17, 15) is 4.79 Å². The molecule has 1 aromatic heterocycles. The minimum atomic E-state index is -0.285. The van der Waals surface area contributed by atoms with Crippen LogP contribution in [0.5, 0.6) is 0 Å². The third-order valence-corrected chi connectivity index (χ3v) is 5.34.